The molecule has 21 heavy (non-hydrogen) atoms. The third-order valence-corrected chi connectivity index (χ3v) is 4.77. The van der Waals surface area contributed by atoms with E-state index in [0.717, 1.165) is 37.7 Å². The van der Waals surface area contributed by atoms with Crippen molar-refractivity contribution in [2.24, 2.45) is 0 Å². The molecule has 1 aliphatic rings. The number of benzene rings is 1. The van der Waals surface area contributed by atoms with Gasteiger partial charge in [-0.2, -0.15) is 0 Å². The highest BCUT2D eigenvalue weighted by Crippen LogP contribution is 2.30. The molecule has 0 heterocycles. The van der Waals surface area contributed by atoms with Gasteiger partial charge in [0.25, 0.3) is 0 Å². The van der Waals surface area contributed by atoms with Gasteiger partial charge in [-0.15, -0.1) is 0 Å². The summed E-state index contributed by atoms with van der Waals surface area (Å²) in [5, 5.41) is 10.5. The molecule has 1 atom stereocenters. The number of hydrogen-bond acceptors (Lipinski definition) is 3. The van der Waals surface area contributed by atoms with E-state index in [4.69, 9.17) is 0 Å². The molecule has 0 aromatic heterocycles. The van der Waals surface area contributed by atoms with Crippen molar-refractivity contribution >= 4 is 5.78 Å². The van der Waals surface area contributed by atoms with E-state index in [9.17, 15) is 9.90 Å². The van der Waals surface area contributed by atoms with Crippen molar-refractivity contribution in [3.05, 3.63) is 35.4 Å². The number of carbonyl (C=O) groups is 1. The van der Waals surface area contributed by atoms with Gasteiger partial charge < -0.3 is 5.11 Å². The molecular formula is C18H27NO2. The fourth-order valence-corrected chi connectivity index (χ4v) is 3.14. The van der Waals surface area contributed by atoms with Crippen molar-refractivity contribution in [3.63, 3.8) is 0 Å². The Kier molecular flexibility index (Phi) is 5.17. The first-order valence-corrected chi connectivity index (χ1v) is 8.01. The van der Waals surface area contributed by atoms with Gasteiger partial charge >= 0.3 is 0 Å². The van der Waals surface area contributed by atoms with Gasteiger partial charge in [0, 0.05) is 12.1 Å². The molecule has 116 valence electrons. The number of likely N-dealkylation sites (N-methyl/N-ethyl adjacent to an activating group) is 1. The Morgan fingerprint density at radius 3 is 2.38 bits per heavy atom. The third-order valence-electron chi connectivity index (χ3n) is 4.77. The van der Waals surface area contributed by atoms with Gasteiger partial charge in [0.15, 0.2) is 5.78 Å². The average Bonchev–Trinajstić information content (AvgIpc) is 2.92. The van der Waals surface area contributed by atoms with Gasteiger partial charge in [0.2, 0.25) is 0 Å². The minimum atomic E-state index is -0.602. The fourth-order valence-electron chi connectivity index (χ4n) is 3.14. The van der Waals surface area contributed by atoms with Gasteiger partial charge in [0.05, 0.1) is 11.6 Å². The molecule has 1 aliphatic carbocycles. The minimum absolute atomic E-state index is 0.127. The molecule has 1 aromatic rings. The van der Waals surface area contributed by atoms with Crippen molar-refractivity contribution in [1.82, 2.24) is 4.90 Å². The van der Waals surface area contributed by atoms with E-state index in [-0.39, 0.29) is 11.8 Å². The predicted octanol–water partition coefficient (Wildman–Crippen LogP) is 3.06. The lowest BCUT2D eigenvalue weighted by Gasteiger charge is -2.32. The Morgan fingerprint density at radius 1 is 1.29 bits per heavy atom. The van der Waals surface area contributed by atoms with Crippen LogP contribution < -0.4 is 0 Å². The standard InChI is InChI=1S/C18H27NO2/c1-4-15-7-9-16(10-8-15)17(20)14(2)19(3)13-18(21)11-5-6-12-18/h7-10,14,21H,4-6,11-13H2,1-3H3. The molecule has 1 fully saturated rings. The highest BCUT2D eigenvalue weighted by molar-refractivity contribution is 5.99. The third kappa shape index (κ3) is 3.92. The molecule has 1 unspecified atom stereocenters. The lowest BCUT2D eigenvalue weighted by atomic mass is 9.98. The average molecular weight is 289 g/mol. The molecule has 3 heteroatoms. The number of rotatable bonds is 6. The lowest BCUT2D eigenvalue weighted by Crippen LogP contribution is -2.45. The van der Waals surface area contributed by atoms with Crippen molar-refractivity contribution in [2.45, 2.75) is 57.6 Å². The van der Waals surface area contributed by atoms with Gasteiger partial charge in [-0.05, 0) is 38.8 Å². The molecule has 0 aliphatic heterocycles. The Labute approximate surface area is 128 Å². The zero-order chi connectivity index (χ0) is 15.5. The lowest BCUT2D eigenvalue weighted by molar-refractivity contribution is 0.00856. The van der Waals surface area contributed by atoms with E-state index in [2.05, 4.69) is 6.92 Å². The summed E-state index contributed by atoms with van der Waals surface area (Å²) in [4.78, 5) is 14.5. The van der Waals surface area contributed by atoms with Crippen LogP contribution in [0.2, 0.25) is 0 Å². The number of hydrogen-bond donors (Lipinski definition) is 1. The molecule has 1 N–H and O–H groups in total. The zero-order valence-corrected chi connectivity index (χ0v) is 13.4. The summed E-state index contributed by atoms with van der Waals surface area (Å²) in [7, 11) is 1.93. The maximum atomic E-state index is 12.5. The zero-order valence-electron chi connectivity index (χ0n) is 13.4. The minimum Gasteiger partial charge on any atom is -0.389 e. The normalized spacial score (nSPS) is 18.9. The van der Waals surface area contributed by atoms with Crippen LogP contribution in [-0.2, 0) is 6.42 Å². The second-order valence-electron chi connectivity index (χ2n) is 6.44. The fraction of sp³-hybridized carbons (Fsp3) is 0.611. The second kappa shape index (κ2) is 6.71. The van der Waals surface area contributed by atoms with Crippen LogP contribution in [0.3, 0.4) is 0 Å². The first-order chi connectivity index (χ1) is 9.95. The molecule has 2 rings (SSSR count). The van der Waals surface area contributed by atoms with Crippen LogP contribution in [-0.4, -0.2) is 41.0 Å². The summed E-state index contributed by atoms with van der Waals surface area (Å²) >= 11 is 0. The summed E-state index contributed by atoms with van der Waals surface area (Å²) in [6, 6.07) is 7.66. The maximum absolute atomic E-state index is 12.5. The molecule has 0 spiro atoms. The molecule has 1 saturated carbocycles. The summed E-state index contributed by atoms with van der Waals surface area (Å²) in [5.74, 6) is 0.127. The van der Waals surface area contributed by atoms with E-state index in [1.54, 1.807) is 0 Å². The van der Waals surface area contributed by atoms with E-state index in [1.807, 2.05) is 43.1 Å². The van der Waals surface area contributed by atoms with E-state index in [0.29, 0.717) is 6.54 Å². The molecule has 0 radical (unpaired) electrons. The van der Waals surface area contributed by atoms with E-state index in [1.165, 1.54) is 5.56 Å². The smallest absolute Gasteiger partial charge is 0.179 e. The molecule has 0 amide bonds. The number of aryl methyl sites for hydroxylation is 1. The van der Waals surface area contributed by atoms with Crippen LogP contribution in [0.15, 0.2) is 24.3 Å². The van der Waals surface area contributed by atoms with Gasteiger partial charge in [-0.1, -0.05) is 44.0 Å². The van der Waals surface area contributed by atoms with Crippen LogP contribution in [0, 0.1) is 0 Å². The van der Waals surface area contributed by atoms with Crippen LogP contribution >= 0.6 is 0 Å². The van der Waals surface area contributed by atoms with E-state index >= 15 is 0 Å². The Hall–Kier alpha value is -1.19. The molecular weight excluding hydrogens is 262 g/mol. The predicted molar refractivity (Wildman–Crippen MR) is 85.7 cm³/mol. The summed E-state index contributed by atoms with van der Waals surface area (Å²) < 4.78 is 0. The molecule has 0 bridgehead atoms. The van der Waals surface area contributed by atoms with Gasteiger partial charge in [0.1, 0.15) is 0 Å². The van der Waals surface area contributed by atoms with Crippen LogP contribution in [0.5, 0.6) is 0 Å². The number of nitrogens with zero attached hydrogens (tertiary/aromatic N) is 1. The first kappa shape index (κ1) is 16.2. The van der Waals surface area contributed by atoms with Gasteiger partial charge in [-0.3, -0.25) is 9.69 Å². The Bertz CT molecular complexity index is 474. The number of aliphatic hydroxyl groups is 1. The monoisotopic (exact) mass is 289 g/mol. The quantitative estimate of drug-likeness (QED) is 0.818. The topological polar surface area (TPSA) is 40.5 Å². The number of ketones is 1. The van der Waals surface area contributed by atoms with E-state index < -0.39 is 5.60 Å². The highest BCUT2D eigenvalue weighted by atomic mass is 16.3. The van der Waals surface area contributed by atoms with Gasteiger partial charge in [-0.25, -0.2) is 0 Å². The highest BCUT2D eigenvalue weighted by Gasteiger charge is 2.34. The van der Waals surface area contributed by atoms with Crippen molar-refractivity contribution in [1.29, 1.82) is 0 Å². The first-order valence-electron chi connectivity index (χ1n) is 8.01. The summed E-state index contributed by atoms with van der Waals surface area (Å²) in [6.07, 6.45) is 4.86. The summed E-state index contributed by atoms with van der Waals surface area (Å²) in [5.41, 5.74) is 1.40. The van der Waals surface area contributed by atoms with Crippen LogP contribution in [0.1, 0.15) is 55.5 Å². The van der Waals surface area contributed by atoms with Crippen molar-refractivity contribution < 1.29 is 9.90 Å². The maximum Gasteiger partial charge on any atom is 0.179 e. The largest absolute Gasteiger partial charge is 0.389 e. The second-order valence-corrected chi connectivity index (χ2v) is 6.44. The Balaban J connectivity index is 2.00. The summed E-state index contributed by atoms with van der Waals surface area (Å²) in [6.45, 7) is 4.61. The van der Waals surface area contributed by atoms with Crippen LogP contribution in [0.25, 0.3) is 0 Å². The van der Waals surface area contributed by atoms with Crippen LogP contribution in [0.4, 0.5) is 0 Å². The number of Topliss-reactive ketones (excluding diaryl/α,β-unsaturated/α-hetero) is 1. The molecule has 1 aromatic carbocycles. The molecule has 3 nitrogen and oxygen atoms in total. The number of carbonyl (C=O) groups excluding carboxylic acids is 1. The molecule has 0 saturated heterocycles. The van der Waals surface area contributed by atoms with Crippen molar-refractivity contribution in [2.75, 3.05) is 13.6 Å². The Morgan fingerprint density at radius 2 is 1.86 bits per heavy atom. The SMILES string of the molecule is CCc1ccc(C(=O)C(C)N(C)CC2(O)CCCC2)cc1. The van der Waals surface area contributed by atoms with Crippen molar-refractivity contribution in [3.8, 4) is 0 Å².